The van der Waals surface area contributed by atoms with Gasteiger partial charge >= 0.3 is 0 Å². The molecule has 132 valence electrons. The van der Waals surface area contributed by atoms with Crippen LogP contribution in [0.25, 0.3) is 0 Å². The maximum absolute atomic E-state index is 13.0. The number of rotatable bonds is 2. The number of hydrogen-bond acceptors (Lipinski definition) is 3. The van der Waals surface area contributed by atoms with E-state index in [2.05, 4.69) is 10.6 Å². The summed E-state index contributed by atoms with van der Waals surface area (Å²) in [5, 5.41) is 5.94. The fraction of sp³-hybridized carbons (Fsp3) is 0.600. The molecule has 2 amide bonds. The third-order valence-electron chi connectivity index (χ3n) is 6.71. The Morgan fingerprint density at radius 1 is 1.12 bits per heavy atom. The summed E-state index contributed by atoms with van der Waals surface area (Å²) in [6, 6.07) is 5.47. The van der Waals surface area contributed by atoms with Crippen molar-refractivity contribution in [2.45, 2.75) is 45.1 Å². The number of amides is 2. The van der Waals surface area contributed by atoms with Crippen molar-refractivity contribution in [3.8, 4) is 5.75 Å². The van der Waals surface area contributed by atoms with Crippen molar-refractivity contribution in [1.29, 1.82) is 0 Å². The molecular formula is C20H24N2O3. The largest absolute Gasteiger partial charge is 0.479 e. The second-order valence-electron chi connectivity index (χ2n) is 8.41. The van der Waals surface area contributed by atoms with Gasteiger partial charge in [0.05, 0.1) is 5.69 Å². The predicted octanol–water partition coefficient (Wildman–Crippen LogP) is 3.42. The number of hydrogen-bond donors (Lipinski definition) is 2. The van der Waals surface area contributed by atoms with Crippen molar-refractivity contribution in [3.63, 3.8) is 0 Å². The predicted molar refractivity (Wildman–Crippen MR) is 94.3 cm³/mol. The summed E-state index contributed by atoms with van der Waals surface area (Å²) in [5.41, 5.74) is 1.36. The monoisotopic (exact) mass is 340 g/mol. The van der Waals surface area contributed by atoms with E-state index in [4.69, 9.17) is 4.74 Å². The minimum atomic E-state index is -0.485. The van der Waals surface area contributed by atoms with Gasteiger partial charge < -0.3 is 15.4 Å². The third kappa shape index (κ3) is 2.52. The highest BCUT2D eigenvalue weighted by atomic mass is 16.5. The maximum atomic E-state index is 13.0. The Kier molecular flexibility index (Phi) is 3.34. The molecule has 1 unspecified atom stereocenters. The first-order chi connectivity index (χ1) is 12.1. The van der Waals surface area contributed by atoms with E-state index in [-0.39, 0.29) is 17.7 Å². The molecule has 4 saturated carbocycles. The molecule has 1 aromatic rings. The molecule has 1 atom stereocenters. The highest BCUT2D eigenvalue weighted by Crippen LogP contribution is 2.56. The number of fused-ring (bicyclic) bond motifs is 1. The van der Waals surface area contributed by atoms with Gasteiger partial charge in [0.1, 0.15) is 5.75 Å². The van der Waals surface area contributed by atoms with Gasteiger partial charge in [-0.05, 0) is 80.9 Å². The smallest absolute Gasteiger partial charge is 0.265 e. The summed E-state index contributed by atoms with van der Waals surface area (Å²) in [6.07, 6.45) is 5.84. The quantitative estimate of drug-likeness (QED) is 0.867. The van der Waals surface area contributed by atoms with Gasteiger partial charge in [0, 0.05) is 11.6 Å². The van der Waals surface area contributed by atoms with E-state index in [9.17, 15) is 9.59 Å². The Balaban J connectivity index is 1.33. The fourth-order valence-corrected chi connectivity index (χ4v) is 5.87. The van der Waals surface area contributed by atoms with Crippen molar-refractivity contribution in [1.82, 2.24) is 0 Å². The van der Waals surface area contributed by atoms with E-state index >= 15 is 0 Å². The molecule has 0 radical (unpaired) electrons. The normalized spacial score (nSPS) is 37.9. The number of ether oxygens (including phenoxy) is 1. The SMILES string of the molecule is CC1Oc2ccc(NC(=O)C3C4CC5CC(C4)CC3C5)cc2NC1=O. The first-order valence-electron chi connectivity index (χ1n) is 9.49. The van der Waals surface area contributed by atoms with Crippen molar-refractivity contribution in [3.05, 3.63) is 18.2 Å². The van der Waals surface area contributed by atoms with Gasteiger partial charge in [0.15, 0.2) is 6.10 Å². The van der Waals surface area contributed by atoms with Crippen LogP contribution >= 0.6 is 0 Å². The molecule has 1 heterocycles. The standard InChI is InChI=1S/C20H24N2O3/c1-10-19(23)22-16-9-15(2-3-17(16)25-10)21-20(24)18-13-5-11-4-12(7-13)8-14(18)6-11/h2-3,9-14,18H,4-8H2,1H3,(H,21,24)(H,22,23). The Labute approximate surface area is 147 Å². The minimum absolute atomic E-state index is 0.156. The molecule has 4 aliphatic carbocycles. The minimum Gasteiger partial charge on any atom is -0.479 e. The van der Waals surface area contributed by atoms with Crippen molar-refractivity contribution in [2.24, 2.45) is 29.6 Å². The van der Waals surface area contributed by atoms with Crippen LogP contribution in [0.15, 0.2) is 18.2 Å². The molecule has 0 spiro atoms. The molecule has 1 aliphatic heterocycles. The van der Waals surface area contributed by atoms with Gasteiger partial charge in [0.2, 0.25) is 5.91 Å². The van der Waals surface area contributed by atoms with Gasteiger partial charge in [-0.2, -0.15) is 0 Å². The van der Waals surface area contributed by atoms with Crippen LogP contribution in [0.3, 0.4) is 0 Å². The van der Waals surface area contributed by atoms with E-state index < -0.39 is 6.10 Å². The number of carbonyl (C=O) groups is 2. The lowest BCUT2D eigenvalue weighted by molar-refractivity contribution is -0.132. The molecule has 5 heteroatoms. The van der Waals surface area contributed by atoms with E-state index in [0.717, 1.165) is 17.5 Å². The second-order valence-corrected chi connectivity index (χ2v) is 8.41. The van der Waals surface area contributed by atoms with Crippen LogP contribution in [-0.4, -0.2) is 17.9 Å². The van der Waals surface area contributed by atoms with Gasteiger partial charge in [-0.3, -0.25) is 9.59 Å². The van der Waals surface area contributed by atoms with Crippen LogP contribution in [0.2, 0.25) is 0 Å². The summed E-state index contributed by atoms with van der Waals surface area (Å²) in [4.78, 5) is 24.7. The van der Waals surface area contributed by atoms with Crippen molar-refractivity contribution < 1.29 is 14.3 Å². The topological polar surface area (TPSA) is 67.4 Å². The lowest BCUT2D eigenvalue weighted by atomic mass is 9.51. The molecule has 1 aromatic carbocycles. The van der Waals surface area contributed by atoms with E-state index in [0.29, 0.717) is 23.3 Å². The van der Waals surface area contributed by atoms with E-state index in [1.807, 2.05) is 12.1 Å². The van der Waals surface area contributed by atoms with Crippen molar-refractivity contribution in [2.75, 3.05) is 10.6 Å². The molecule has 6 rings (SSSR count). The molecule has 4 fully saturated rings. The first-order valence-corrected chi connectivity index (χ1v) is 9.49. The molecule has 4 bridgehead atoms. The van der Waals surface area contributed by atoms with Crippen LogP contribution in [-0.2, 0) is 9.59 Å². The Morgan fingerprint density at radius 2 is 1.80 bits per heavy atom. The van der Waals surface area contributed by atoms with Gasteiger partial charge in [-0.15, -0.1) is 0 Å². The van der Waals surface area contributed by atoms with Crippen LogP contribution in [0.4, 0.5) is 11.4 Å². The molecular weight excluding hydrogens is 316 g/mol. The summed E-state index contributed by atoms with van der Waals surface area (Å²) in [7, 11) is 0. The number of nitrogens with one attached hydrogen (secondary N) is 2. The lowest BCUT2D eigenvalue weighted by Gasteiger charge is -2.53. The number of benzene rings is 1. The summed E-state index contributed by atoms with van der Waals surface area (Å²) >= 11 is 0. The van der Waals surface area contributed by atoms with Crippen LogP contribution in [0.1, 0.15) is 39.0 Å². The Morgan fingerprint density at radius 3 is 2.48 bits per heavy atom. The Hall–Kier alpha value is -2.04. The molecule has 5 aliphatic rings. The highest BCUT2D eigenvalue weighted by Gasteiger charge is 2.50. The maximum Gasteiger partial charge on any atom is 0.265 e. The second kappa shape index (κ2) is 5.48. The average molecular weight is 340 g/mol. The third-order valence-corrected chi connectivity index (χ3v) is 6.71. The number of carbonyl (C=O) groups excluding carboxylic acids is 2. The van der Waals surface area contributed by atoms with Gasteiger partial charge in [-0.25, -0.2) is 0 Å². The zero-order valence-corrected chi connectivity index (χ0v) is 14.5. The van der Waals surface area contributed by atoms with E-state index in [1.165, 1.54) is 32.1 Å². The zero-order valence-electron chi connectivity index (χ0n) is 14.5. The fourth-order valence-electron chi connectivity index (χ4n) is 5.87. The van der Waals surface area contributed by atoms with Gasteiger partial charge in [0.25, 0.3) is 5.91 Å². The van der Waals surface area contributed by atoms with E-state index in [1.54, 1.807) is 13.0 Å². The lowest BCUT2D eigenvalue weighted by Crippen LogP contribution is -2.49. The average Bonchev–Trinajstić information content (AvgIpc) is 2.55. The highest BCUT2D eigenvalue weighted by molar-refractivity contribution is 5.99. The summed E-state index contributed by atoms with van der Waals surface area (Å²) in [6.45, 7) is 1.72. The number of anilines is 2. The summed E-state index contributed by atoms with van der Waals surface area (Å²) < 4.78 is 5.57. The molecule has 0 aromatic heterocycles. The molecule has 25 heavy (non-hydrogen) atoms. The van der Waals surface area contributed by atoms with Crippen molar-refractivity contribution >= 4 is 23.2 Å². The summed E-state index contributed by atoms with van der Waals surface area (Å²) in [5.74, 6) is 3.68. The first kappa shape index (κ1) is 15.2. The zero-order chi connectivity index (χ0) is 17.1. The molecule has 5 nitrogen and oxygen atoms in total. The van der Waals surface area contributed by atoms with Crippen LogP contribution in [0.5, 0.6) is 5.75 Å². The molecule has 2 N–H and O–H groups in total. The van der Waals surface area contributed by atoms with Crippen LogP contribution < -0.4 is 15.4 Å². The Bertz CT molecular complexity index is 716. The van der Waals surface area contributed by atoms with Gasteiger partial charge in [-0.1, -0.05) is 0 Å². The van der Waals surface area contributed by atoms with Crippen LogP contribution in [0, 0.1) is 29.6 Å². The molecule has 0 saturated heterocycles.